The van der Waals surface area contributed by atoms with Crippen LogP contribution in [0, 0.1) is 5.41 Å². The number of hydrogen-bond donors (Lipinski definition) is 3. The second-order valence-corrected chi connectivity index (χ2v) is 13.7. The van der Waals surface area contributed by atoms with Crippen molar-refractivity contribution in [2.45, 2.75) is 105 Å². The van der Waals surface area contributed by atoms with E-state index in [1.54, 1.807) is 17.2 Å². The van der Waals surface area contributed by atoms with E-state index >= 15 is 0 Å². The molecule has 0 radical (unpaired) electrons. The van der Waals surface area contributed by atoms with Crippen LogP contribution in [0.15, 0.2) is 0 Å². The molecule has 0 spiro atoms. The van der Waals surface area contributed by atoms with Crippen molar-refractivity contribution in [3.63, 3.8) is 0 Å². The minimum absolute atomic E-state index is 0. The Bertz CT molecular complexity index is 623. The van der Waals surface area contributed by atoms with Gasteiger partial charge in [0.2, 0.25) is 11.8 Å². The first kappa shape index (κ1) is 42.1. The van der Waals surface area contributed by atoms with Crippen LogP contribution in [0.25, 0.3) is 0 Å². The first-order valence-corrected chi connectivity index (χ1v) is 15.2. The third-order valence-electron chi connectivity index (χ3n) is 4.88. The van der Waals surface area contributed by atoms with Crippen LogP contribution in [0.4, 0.5) is 0 Å². The molecule has 37 heavy (non-hydrogen) atoms. The third-order valence-corrected chi connectivity index (χ3v) is 8.17. The summed E-state index contributed by atoms with van der Waals surface area (Å²) in [6, 6.07) is 0. The summed E-state index contributed by atoms with van der Waals surface area (Å²) in [6.45, 7) is 22.7. The Morgan fingerprint density at radius 2 is 1.62 bits per heavy atom. The minimum Gasteiger partial charge on any atom is -0.529 e. The Morgan fingerprint density at radius 3 is 2.19 bits per heavy atom. The molecule has 8 nitrogen and oxygen atoms in total. The summed E-state index contributed by atoms with van der Waals surface area (Å²) in [6.07, 6.45) is 3.54. The first-order valence-electron chi connectivity index (χ1n) is 12.9. The van der Waals surface area contributed by atoms with Crippen LogP contribution >= 0.6 is 21.6 Å². The molecule has 0 aromatic carbocycles. The van der Waals surface area contributed by atoms with Crippen molar-refractivity contribution >= 4 is 39.8 Å². The molecule has 0 aromatic rings. The molecule has 214 valence electrons. The van der Waals surface area contributed by atoms with Crippen LogP contribution in [0.2, 0.25) is 0 Å². The predicted octanol–water partition coefficient (Wildman–Crippen LogP) is 1.48. The van der Waals surface area contributed by atoms with Crippen LogP contribution in [0.1, 0.15) is 88.5 Å². The fourth-order valence-corrected chi connectivity index (χ4v) is 6.15. The van der Waals surface area contributed by atoms with Gasteiger partial charge in [-0.25, -0.2) is 0 Å². The normalized spacial score (nSPS) is 12.4. The quantitative estimate of drug-likeness (QED) is 0.0650. The number of carbonyl (C=O) groups excluding carboxylic acids is 3. The smallest absolute Gasteiger partial charge is 0.529 e. The molecule has 0 aromatic heterocycles. The maximum Gasteiger partial charge on any atom is 1.00 e. The Balaban J connectivity index is -0.00000375. The van der Waals surface area contributed by atoms with Gasteiger partial charge < -0.3 is 30.2 Å². The largest absolute Gasteiger partial charge is 1.00 e. The Kier molecular flexibility index (Phi) is 26.6. The molecule has 1 atom stereocenters. The van der Waals surface area contributed by atoms with Crippen LogP contribution in [0.3, 0.4) is 0 Å². The van der Waals surface area contributed by atoms with Gasteiger partial charge in [0.1, 0.15) is 0 Å². The van der Waals surface area contributed by atoms with Crippen molar-refractivity contribution < 1.29 is 75.2 Å². The van der Waals surface area contributed by atoms with Gasteiger partial charge >= 0.3 is 51.4 Å². The molecule has 0 aliphatic heterocycles. The van der Waals surface area contributed by atoms with E-state index in [2.05, 4.69) is 43.6 Å². The molecular formula is C26H52KN3O5S2. The molecule has 0 saturated carbocycles. The molecule has 1 unspecified atom stereocenters. The Hall–Kier alpha value is 0.666. The van der Waals surface area contributed by atoms with E-state index in [1.165, 1.54) is 6.92 Å². The van der Waals surface area contributed by atoms with E-state index in [0.717, 1.165) is 12.2 Å². The fraction of sp³-hybridized carbons (Fsp3) is 0.885. The number of nitrogens with one attached hydrogen (secondary N) is 3. The molecular weight excluding hydrogens is 538 g/mol. The van der Waals surface area contributed by atoms with Gasteiger partial charge in [-0.15, -0.1) is 0 Å². The summed E-state index contributed by atoms with van der Waals surface area (Å²) >= 11 is 0. The van der Waals surface area contributed by atoms with Gasteiger partial charge in [0.15, 0.2) is 0 Å². The number of ether oxygens (including phenoxy) is 2. The van der Waals surface area contributed by atoms with Gasteiger partial charge in [-0.3, -0.25) is 9.59 Å². The molecule has 0 saturated heterocycles. The number of rotatable bonds is 20. The average Bonchev–Trinajstić information content (AvgIpc) is 2.75. The van der Waals surface area contributed by atoms with E-state index in [9.17, 15) is 14.4 Å². The Labute approximate surface area is 277 Å². The van der Waals surface area contributed by atoms with Crippen molar-refractivity contribution in [1.82, 2.24) is 16.0 Å². The van der Waals surface area contributed by atoms with Gasteiger partial charge in [-0.2, -0.15) is 6.41 Å². The van der Waals surface area contributed by atoms with Crippen LogP contribution in [-0.4, -0.2) is 73.3 Å². The van der Waals surface area contributed by atoms with Crippen LogP contribution in [-0.2, 0) is 23.9 Å². The topological polar surface area (TPSA) is 106 Å². The van der Waals surface area contributed by atoms with E-state index in [-0.39, 0.29) is 85.1 Å². The zero-order chi connectivity index (χ0) is 28.3. The molecule has 11 heteroatoms. The van der Waals surface area contributed by atoms with Gasteiger partial charge in [0, 0.05) is 37.1 Å². The first-order chi connectivity index (χ1) is 16.7. The third kappa shape index (κ3) is 28.0. The van der Waals surface area contributed by atoms with Crippen molar-refractivity contribution in [1.29, 1.82) is 0 Å². The van der Waals surface area contributed by atoms with Gasteiger partial charge in [0.05, 0.1) is 24.7 Å². The molecule has 0 fully saturated rings. The van der Waals surface area contributed by atoms with Crippen molar-refractivity contribution in [2.24, 2.45) is 5.41 Å². The Morgan fingerprint density at radius 1 is 1.00 bits per heavy atom. The molecule has 3 amide bonds. The van der Waals surface area contributed by atoms with Crippen molar-refractivity contribution in [3.8, 4) is 0 Å². The zero-order valence-electron chi connectivity index (χ0n) is 25.3. The van der Waals surface area contributed by atoms with Crippen LogP contribution in [0.5, 0.6) is 0 Å². The average molecular weight is 590 g/mol. The van der Waals surface area contributed by atoms with Crippen molar-refractivity contribution in [3.05, 3.63) is 0 Å². The molecule has 0 bridgehead atoms. The van der Waals surface area contributed by atoms with E-state index in [4.69, 9.17) is 9.47 Å². The SMILES string of the molecule is CC.CC(=O)NCCOC(C)(C)CCOC(C)CC(=O)NCCSSC(C)(C)CC(C)(C)CN[C-]=O.[K+]. The minimum atomic E-state index is -0.359. The zero-order valence-corrected chi connectivity index (χ0v) is 30.1. The van der Waals surface area contributed by atoms with Gasteiger partial charge in [-0.1, -0.05) is 49.3 Å². The maximum absolute atomic E-state index is 12.2. The maximum atomic E-state index is 12.2. The molecule has 0 aliphatic rings. The molecule has 0 rings (SSSR count). The van der Waals surface area contributed by atoms with Gasteiger partial charge in [-0.05, 0) is 59.4 Å². The van der Waals surface area contributed by atoms with Gasteiger partial charge in [0.25, 0.3) is 0 Å². The molecule has 0 aliphatic carbocycles. The molecule has 0 heterocycles. The van der Waals surface area contributed by atoms with Crippen molar-refractivity contribution in [2.75, 3.05) is 38.6 Å². The van der Waals surface area contributed by atoms with E-state index < -0.39 is 0 Å². The number of amides is 3. The van der Waals surface area contributed by atoms with E-state index in [1.807, 2.05) is 45.4 Å². The predicted molar refractivity (Wildman–Crippen MR) is 154 cm³/mol. The summed E-state index contributed by atoms with van der Waals surface area (Å²) in [5, 5.41) is 8.32. The second-order valence-electron chi connectivity index (χ2n) is 10.5. The van der Waals surface area contributed by atoms with E-state index in [0.29, 0.717) is 45.7 Å². The standard InChI is InChI=1S/C24H46N3O5S2.C2H6.K/c1-19(31-12-9-23(5,6)32-13-10-26-20(2)29)15-21(30)27-11-14-33-34-24(7,8)16-22(3,4)17-25-18-28;1-2;/h19H,9-17H2,1-8H3,(H,25,28)(H,26,29)(H,27,30);1-2H3;/q-1;;+1. The summed E-state index contributed by atoms with van der Waals surface area (Å²) < 4.78 is 11.6. The fourth-order valence-electron chi connectivity index (χ4n) is 3.48. The van der Waals surface area contributed by atoms with Crippen LogP contribution < -0.4 is 67.3 Å². The molecule has 3 N–H and O–H groups in total. The summed E-state index contributed by atoms with van der Waals surface area (Å²) in [4.78, 5) is 33.5. The summed E-state index contributed by atoms with van der Waals surface area (Å²) in [7, 11) is 3.56. The summed E-state index contributed by atoms with van der Waals surface area (Å²) in [5.74, 6) is 0.738. The number of hydrogen-bond acceptors (Lipinski definition) is 7. The number of carbonyl (C=O) groups is 2. The second kappa shape index (κ2) is 23.4. The summed E-state index contributed by atoms with van der Waals surface area (Å²) in [5.41, 5.74) is -0.366. The monoisotopic (exact) mass is 589 g/mol.